The van der Waals surface area contributed by atoms with E-state index in [9.17, 15) is 9.59 Å². The standard InChI is InChI=1S/C20H30N2O6Si/c1-18(2,3)29(6,7)25-11-13-15-16(28-19(4,5)27-15)20(26-13)9-8-12-10-14(23)21-17(24)22(12)20/h8-10,13,15-16H,11H2,1-7H3,(H,21,23,24)/t13-,15-,16-,20+/m1/s1. The number of nitrogens with one attached hydrogen (secondary N) is 1. The monoisotopic (exact) mass is 422 g/mol. The molecule has 0 aromatic carbocycles. The lowest BCUT2D eigenvalue weighted by atomic mass is 10.0. The highest BCUT2D eigenvalue weighted by Gasteiger charge is 2.64. The average Bonchev–Trinajstić information content (AvgIpc) is 3.16. The van der Waals surface area contributed by atoms with Crippen molar-refractivity contribution < 1.29 is 18.6 Å². The van der Waals surface area contributed by atoms with E-state index in [1.165, 1.54) is 10.6 Å². The van der Waals surface area contributed by atoms with Gasteiger partial charge in [0.25, 0.3) is 5.56 Å². The summed E-state index contributed by atoms with van der Waals surface area (Å²) in [6.07, 6.45) is 2.16. The quantitative estimate of drug-likeness (QED) is 0.751. The third-order valence-electron chi connectivity index (χ3n) is 6.47. The average molecular weight is 423 g/mol. The summed E-state index contributed by atoms with van der Waals surface area (Å²) in [6, 6.07) is 1.38. The predicted octanol–water partition coefficient (Wildman–Crippen LogP) is 2.16. The highest BCUT2D eigenvalue weighted by molar-refractivity contribution is 6.74. The number of aromatic amines is 1. The van der Waals surface area contributed by atoms with Crippen LogP contribution in [0.4, 0.5) is 0 Å². The Morgan fingerprint density at radius 2 is 1.90 bits per heavy atom. The molecule has 4 heterocycles. The Morgan fingerprint density at radius 1 is 1.21 bits per heavy atom. The van der Waals surface area contributed by atoms with Gasteiger partial charge in [0, 0.05) is 6.07 Å². The van der Waals surface area contributed by atoms with Crippen LogP contribution in [0, 0.1) is 0 Å². The molecule has 0 saturated carbocycles. The molecule has 3 aliphatic rings. The van der Waals surface area contributed by atoms with Crippen LogP contribution in [-0.4, -0.2) is 48.6 Å². The fraction of sp³-hybridized carbons (Fsp3) is 0.700. The summed E-state index contributed by atoms with van der Waals surface area (Å²) < 4.78 is 26.6. The number of nitrogens with zero attached hydrogens (tertiary/aromatic N) is 1. The Kier molecular flexibility index (Phi) is 4.46. The van der Waals surface area contributed by atoms with Gasteiger partial charge in [0.1, 0.15) is 18.3 Å². The molecule has 0 aliphatic carbocycles. The molecule has 2 fully saturated rings. The van der Waals surface area contributed by atoms with E-state index in [1.807, 2.05) is 13.8 Å². The van der Waals surface area contributed by atoms with Gasteiger partial charge in [0.05, 0.1) is 12.3 Å². The maximum atomic E-state index is 12.7. The van der Waals surface area contributed by atoms with Gasteiger partial charge in [0.15, 0.2) is 19.8 Å². The molecule has 0 radical (unpaired) electrons. The molecule has 0 amide bonds. The summed E-state index contributed by atoms with van der Waals surface area (Å²) in [7, 11) is -2.00. The third-order valence-corrected chi connectivity index (χ3v) is 11.0. The molecule has 160 valence electrons. The minimum Gasteiger partial charge on any atom is -0.414 e. The fourth-order valence-corrected chi connectivity index (χ4v) is 5.00. The van der Waals surface area contributed by atoms with Crippen LogP contribution in [0.25, 0.3) is 6.08 Å². The summed E-state index contributed by atoms with van der Waals surface area (Å²) in [4.78, 5) is 26.7. The molecular formula is C20H30N2O6Si. The van der Waals surface area contributed by atoms with Crippen LogP contribution in [0.3, 0.4) is 0 Å². The molecule has 3 aliphatic heterocycles. The molecule has 2 saturated heterocycles. The molecule has 1 N–H and O–H groups in total. The van der Waals surface area contributed by atoms with E-state index < -0.39 is 49.4 Å². The SMILES string of the molecule is CC1(C)O[C@H]2[C@@H](O1)[C@]1(C=Cc3cc(=O)[nH]c(=O)n31)O[C@@H]2CO[Si](C)(C)C(C)(C)C. The van der Waals surface area contributed by atoms with Crippen molar-refractivity contribution in [2.45, 2.75) is 82.6 Å². The van der Waals surface area contributed by atoms with Crippen molar-refractivity contribution in [3.63, 3.8) is 0 Å². The van der Waals surface area contributed by atoms with Crippen molar-refractivity contribution in [1.29, 1.82) is 0 Å². The number of fused-ring (bicyclic) bond motifs is 4. The zero-order valence-electron chi connectivity index (χ0n) is 18.1. The van der Waals surface area contributed by atoms with Gasteiger partial charge in [-0.05, 0) is 44.1 Å². The summed E-state index contributed by atoms with van der Waals surface area (Å²) in [5.41, 5.74) is -1.66. The molecule has 1 aromatic heterocycles. The van der Waals surface area contributed by atoms with Crippen molar-refractivity contribution in [3.8, 4) is 0 Å². The van der Waals surface area contributed by atoms with Crippen LogP contribution in [0.5, 0.6) is 0 Å². The number of hydrogen-bond donors (Lipinski definition) is 1. The van der Waals surface area contributed by atoms with Crippen LogP contribution in [0.2, 0.25) is 18.1 Å². The topological polar surface area (TPSA) is 91.8 Å². The fourth-order valence-electron chi connectivity index (χ4n) is 3.98. The first-order valence-corrected chi connectivity index (χ1v) is 12.9. The first kappa shape index (κ1) is 20.7. The van der Waals surface area contributed by atoms with E-state index in [-0.39, 0.29) is 5.04 Å². The minimum absolute atomic E-state index is 0.0608. The zero-order chi connectivity index (χ0) is 21.4. The Morgan fingerprint density at radius 3 is 2.55 bits per heavy atom. The molecule has 9 heteroatoms. The second-order valence-corrected chi connectivity index (χ2v) is 14.8. The van der Waals surface area contributed by atoms with E-state index in [0.29, 0.717) is 12.3 Å². The first-order chi connectivity index (χ1) is 13.3. The maximum Gasteiger partial charge on any atom is 0.331 e. The second-order valence-electron chi connectivity index (χ2n) is 10.0. The molecule has 4 rings (SSSR count). The van der Waals surface area contributed by atoms with Crippen LogP contribution in [0.15, 0.2) is 21.7 Å². The van der Waals surface area contributed by atoms with E-state index >= 15 is 0 Å². The lowest BCUT2D eigenvalue weighted by Crippen LogP contribution is -2.49. The number of hydrogen-bond acceptors (Lipinski definition) is 6. The molecule has 4 atom stereocenters. The first-order valence-electron chi connectivity index (χ1n) is 9.99. The van der Waals surface area contributed by atoms with E-state index in [4.69, 9.17) is 18.6 Å². The van der Waals surface area contributed by atoms with Crippen molar-refractivity contribution in [2.75, 3.05) is 6.61 Å². The van der Waals surface area contributed by atoms with Gasteiger partial charge in [0.2, 0.25) is 0 Å². The van der Waals surface area contributed by atoms with E-state index in [0.717, 1.165) is 0 Å². The summed E-state index contributed by atoms with van der Waals surface area (Å²) in [5, 5.41) is 0.0608. The summed E-state index contributed by atoms with van der Waals surface area (Å²) >= 11 is 0. The maximum absolute atomic E-state index is 12.7. The van der Waals surface area contributed by atoms with Crippen LogP contribution in [0.1, 0.15) is 40.3 Å². The van der Waals surface area contributed by atoms with E-state index in [2.05, 4.69) is 38.8 Å². The zero-order valence-corrected chi connectivity index (χ0v) is 19.1. The highest BCUT2D eigenvalue weighted by Crippen LogP contribution is 2.49. The van der Waals surface area contributed by atoms with Crippen molar-refractivity contribution in [1.82, 2.24) is 9.55 Å². The van der Waals surface area contributed by atoms with Gasteiger partial charge in [-0.1, -0.05) is 20.8 Å². The Balaban J connectivity index is 1.70. The Hall–Kier alpha value is -1.52. The molecule has 1 spiro atoms. The summed E-state index contributed by atoms with van der Waals surface area (Å²) in [6.45, 7) is 15.0. The van der Waals surface area contributed by atoms with Crippen molar-refractivity contribution in [3.05, 3.63) is 38.7 Å². The predicted molar refractivity (Wildman–Crippen MR) is 110 cm³/mol. The molecule has 1 aromatic rings. The smallest absolute Gasteiger partial charge is 0.331 e. The number of ether oxygens (including phenoxy) is 3. The van der Waals surface area contributed by atoms with Crippen LogP contribution in [-0.2, 0) is 24.4 Å². The molecular weight excluding hydrogens is 392 g/mol. The van der Waals surface area contributed by atoms with Crippen LogP contribution >= 0.6 is 0 Å². The van der Waals surface area contributed by atoms with Gasteiger partial charge < -0.3 is 18.6 Å². The second kappa shape index (κ2) is 6.24. The number of rotatable bonds is 3. The van der Waals surface area contributed by atoms with Gasteiger partial charge in [-0.2, -0.15) is 0 Å². The molecule has 0 unspecified atom stereocenters. The lowest BCUT2D eigenvalue weighted by molar-refractivity contribution is -0.219. The minimum atomic E-state index is -2.00. The van der Waals surface area contributed by atoms with E-state index in [1.54, 1.807) is 12.2 Å². The van der Waals surface area contributed by atoms with Gasteiger partial charge in [-0.25, -0.2) is 4.79 Å². The van der Waals surface area contributed by atoms with Gasteiger partial charge in [-0.15, -0.1) is 0 Å². The van der Waals surface area contributed by atoms with Crippen LogP contribution < -0.4 is 11.2 Å². The number of aromatic nitrogens is 2. The molecule has 29 heavy (non-hydrogen) atoms. The third kappa shape index (κ3) is 3.19. The lowest BCUT2D eigenvalue weighted by Gasteiger charge is -2.37. The Labute approximate surface area is 170 Å². The summed E-state index contributed by atoms with van der Waals surface area (Å²) in [5.74, 6) is -0.816. The molecule has 8 nitrogen and oxygen atoms in total. The highest BCUT2D eigenvalue weighted by atomic mass is 28.4. The molecule has 0 bridgehead atoms. The van der Waals surface area contributed by atoms with Crippen molar-refractivity contribution >= 4 is 14.4 Å². The van der Waals surface area contributed by atoms with Gasteiger partial charge in [-0.3, -0.25) is 14.3 Å². The number of H-pyrrole nitrogens is 1. The largest absolute Gasteiger partial charge is 0.414 e. The Bertz CT molecular complexity index is 972. The van der Waals surface area contributed by atoms with Gasteiger partial charge >= 0.3 is 5.69 Å². The normalized spacial score (nSPS) is 32.7. The van der Waals surface area contributed by atoms with Crippen molar-refractivity contribution in [2.24, 2.45) is 0 Å².